The highest BCUT2D eigenvalue weighted by molar-refractivity contribution is 6.34. The average molecular weight is 326 g/mol. The molecule has 0 aliphatic rings. The number of pyridine rings is 1. The zero-order valence-corrected chi connectivity index (χ0v) is 12.4. The van der Waals surface area contributed by atoms with Crippen LogP contribution < -0.4 is 10.9 Å². The van der Waals surface area contributed by atoms with Crippen LogP contribution in [0.2, 0.25) is 10.0 Å². The van der Waals surface area contributed by atoms with Crippen LogP contribution in [0.1, 0.15) is 18.1 Å². The van der Waals surface area contributed by atoms with Crippen molar-refractivity contribution >= 4 is 34.8 Å². The molecule has 1 atom stereocenters. The van der Waals surface area contributed by atoms with Crippen molar-refractivity contribution in [1.82, 2.24) is 10.4 Å². The molecule has 2 aromatic rings. The van der Waals surface area contributed by atoms with Gasteiger partial charge in [0.25, 0.3) is 0 Å². The standard InChI is InChI=1S/C14H13Cl2N3O2/c15-10-5-9(6-11(16)7-10)13(20)8-14(21)19-18-12-1-3-17-4-2-12/h1-7,13,20H,8H2,(H,17,18)(H,19,21). The van der Waals surface area contributed by atoms with Gasteiger partial charge in [-0.25, -0.2) is 0 Å². The summed E-state index contributed by atoms with van der Waals surface area (Å²) in [6.07, 6.45) is 2.09. The zero-order chi connectivity index (χ0) is 15.2. The van der Waals surface area contributed by atoms with Crippen molar-refractivity contribution in [3.8, 4) is 0 Å². The van der Waals surface area contributed by atoms with Crippen LogP contribution in [0.15, 0.2) is 42.7 Å². The van der Waals surface area contributed by atoms with Gasteiger partial charge in [-0.15, -0.1) is 0 Å². The Morgan fingerprint density at radius 3 is 2.43 bits per heavy atom. The Bertz CT molecular complexity index is 603. The van der Waals surface area contributed by atoms with Gasteiger partial charge in [0.1, 0.15) is 0 Å². The van der Waals surface area contributed by atoms with Crippen molar-refractivity contribution < 1.29 is 9.90 Å². The van der Waals surface area contributed by atoms with Crippen LogP contribution in [0, 0.1) is 0 Å². The number of hydrogen-bond acceptors (Lipinski definition) is 4. The third-order valence-electron chi connectivity index (χ3n) is 2.67. The fourth-order valence-electron chi connectivity index (χ4n) is 1.69. The van der Waals surface area contributed by atoms with Gasteiger partial charge in [0.05, 0.1) is 18.2 Å². The number of halogens is 2. The van der Waals surface area contributed by atoms with Gasteiger partial charge >= 0.3 is 0 Å². The van der Waals surface area contributed by atoms with E-state index in [-0.39, 0.29) is 12.3 Å². The summed E-state index contributed by atoms with van der Waals surface area (Å²) < 4.78 is 0. The summed E-state index contributed by atoms with van der Waals surface area (Å²) in [7, 11) is 0. The maximum Gasteiger partial charge on any atom is 0.241 e. The summed E-state index contributed by atoms with van der Waals surface area (Å²) in [5.74, 6) is -0.365. The van der Waals surface area contributed by atoms with Crippen LogP contribution in [0.4, 0.5) is 5.69 Å². The van der Waals surface area contributed by atoms with Crippen molar-refractivity contribution in [3.05, 3.63) is 58.3 Å². The Morgan fingerprint density at radius 1 is 1.19 bits per heavy atom. The number of carbonyl (C=O) groups excluding carboxylic acids is 1. The number of aliphatic hydroxyl groups is 1. The monoisotopic (exact) mass is 325 g/mol. The molecule has 1 amide bonds. The Kier molecular flexibility index (Phi) is 5.38. The second-order valence-electron chi connectivity index (χ2n) is 4.33. The fourth-order valence-corrected chi connectivity index (χ4v) is 2.23. The van der Waals surface area contributed by atoms with E-state index in [0.29, 0.717) is 21.3 Å². The molecule has 1 aromatic carbocycles. The van der Waals surface area contributed by atoms with Gasteiger partial charge in [-0.3, -0.25) is 20.6 Å². The lowest BCUT2D eigenvalue weighted by Crippen LogP contribution is -2.30. The van der Waals surface area contributed by atoms with E-state index in [2.05, 4.69) is 15.8 Å². The van der Waals surface area contributed by atoms with Crippen molar-refractivity contribution in [1.29, 1.82) is 0 Å². The molecule has 3 N–H and O–H groups in total. The molecule has 0 bridgehead atoms. The van der Waals surface area contributed by atoms with Crippen molar-refractivity contribution in [3.63, 3.8) is 0 Å². The van der Waals surface area contributed by atoms with Crippen LogP contribution in [0.3, 0.4) is 0 Å². The number of rotatable bonds is 5. The second-order valence-corrected chi connectivity index (χ2v) is 5.20. The van der Waals surface area contributed by atoms with E-state index in [0.717, 1.165) is 0 Å². The number of nitrogens with one attached hydrogen (secondary N) is 2. The highest BCUT2D eigenvalue weighted by Crippen LogP contribution is 2.25. The molecule has 0 spiro atoms. The number of aliphatic hydroxyl groups excluding tert-OH is 1. The molecular weight excluding hydrogens is 313 g/mol. The van der Waals surface area contributed by atoms with E-state index in [1.165, 1.54) is 0 Å². The number of hydrogen-bond donors (Lipinski definition) is 3. The van der Waals surface area contributed by atoms with Gasteiger partial charge in [-0.05, 0) is 35.9 Å². The molecule has 1 aromatic heterocycles. The number of aromatic nitrogens is 1. The van der Waals surface area contributed by atoms with Gasteiger partial charge in [-0.1, -0.05) is 23.2 Å². The number of carbonyl (C=O) groups is 1. The quantitative estimate of drug-likeness (QED) is 0.739. The van der Waals surface area contributed by atoms with Gasteiger partial charge in [0.15, 0.2) is 0 Å². The van der Waals surface area contributed by atoms with E-state index in [1.807, 2.05) is 0 Å². The highest BCUT2D eigenvalue weighted by Gasteiger charge is 2.14. The molecule has 7 heteroatoms. The first kappa shape index (κ1) is 15.6. The van der Waals surface area contributed by atoms with Crippen molar-refractivity contribution in [2.75, 3.05) is 5.43 Å². The van der Waals surface area contributed by atoms with Crippen LogP contribution in [-0.4, -0.2) is 16.0 Å². The number of amides is 1. The molecule has 21 heavy (non-hydrogen) atoms. The SMILES string of the molecule is O=C(CC(O)c1cc(Cl)cc(Cl)c1)NNc1ccncc1. The summed E-state index contributed by atoms with van der Waals surface area (Å²) in [4.78, 5) is 15.6. The minimum Gasteiger partial charge on any atom is -0.388 e. The Labute approximate surface area is 131 Å². The normalized spacial score (nSPS) is 11.8. The lowest BCUT2D eigenvalue weighted by molar-refractivity contribution is -0.122. The summed E-state index contributed by atoms with van der Waals surface area (Å²) in [6, 6.07) is 8.11. The topological polar surface area (TPSA) is 74.2 Å². The number of anilines is 1. The number of benzene rings is 1. The number of nitrogens with zero attached hydrogens (tertiary/aromatic N) is 1. The van der Waals surface area contributed by atoms with Gasteiger partial charge in [-0.2, -0.15) is 0 Å². The molecule has 0 aliphatic heterocycles. The summed E-state index contributed by atoms with van der Waals surface area (Å²) in [6.45, 7) is 0. The molecular formula is C14H13Cl2N3O2. The lowest BCUT2D eigenvalue weighted by atomic mass is 10.1. The van der Waals surface area contributed by atoms with Crippen LogP contribution in [0.25, 0.3) is 0 Å². The Hall–Kier alpha value is -1.82. The lowest BCUT2D eigenvalue weighted by Gasteiger charge is -2.13. The van der Waals surface area contributed by atoms with Crippen molar-refractivity contribution in [2.24, 2.45) is 0 Å². The molecule has 110 valence electrons. The van der Waals surface area contributed by atoms with Crippen LogP contribution >= 0.6 is 23.2 Å². The molecule has 1 unspecified atom stereocenters. The van der Waals surface area contributed by atoms with E-state index < -0.39 is 6.10 Å². The number of hydrazine groups is 1. The third kappa shape index (κ3) is 4.90. The first-order chi connectivity index (χ1) is 10.0. The van der Waals surface area contributed by atoms with Gasteiger partial charge < -0.3 is 5.11 Å². The fraction of sp³-hybridized carbons (Fsp3) is 0.143. The first-order valence-electron chi connectivity index (χ1n) is 6.13. The average Bonchev–Trinajstić information content (AvgIpc) is 2.45. The molecule has 2 rings (SSSR count). The summed E-state index contributed by atoms with van der Waals surface area (Å²) in [5.41, 5.74) is 6.39. The second kappa shape index (κ2) is 7.26. The first-order valence-corrected chi connectivity index (χ1v) is 6.89. The third-order valence-corrected chi connectivity index (χ3v) is 3.11. The van der Waals surface area contributed by atoms with E-state index in [9.17, 15) is 9.90 Å². The molecule has 0 radical (unpaired) electrons. The molecule has 5 nitrogen and oxygen atoms in total. The minimum atomic E-state index is -0.986. The maximum atomic E-state index is 11.8. The molecule has 1 heterocycles. The Morgan fingerprint density at radius 2 is 1.81 bits per heavy atom. The minimum absolute atomic E-state index is 0.116. The highest BCUT2D eigenvalue weighted by atomic mass is 35.5. The van der Waals surface area contributed by atoms with E-state index in [4.69, 9.17) is 23.2 Å². The largest absolute Gasteiger partial charge is 0.388 e. The predicted molar refractivity (Wildman–Crippen MR) is 82.0 cm³/mol. The zero-order valence-electron chi connectivity index (χ0n) is 10.9. The Balaban J connectivity index is 1.90. The summed E-state index contributed by atoms with van der Waals surface area (Å²) >= 11 is 11.7. The maximum absolute atomic E-state index is 11.8. The van der Waals surface area contributed by atoms with Gasteiger partial charge in [0, 0.05) is 22.4 Å². The van der Waals surface area contributed by atoms with Gasteiger partial charge in [0.2, 0.25) is 5.91 Å². The van der Waals surface area contributed by atoms with E-state index >= 15 is 0 Å². The van der Waals surface area contributed by atoms with Crippen LogP contribution in [-0.2, 0) is 4.79 Å². The van der Waals surface area contributed by atoms with Crippen LogP contribution in [0.5, 0.6) is 0 Å². The summed E-state index contributed by atoms with van der Waals surface area (Å²) in [5, 5.41) is 10.8. The van der Waals surface area contributed by atoms with Crippen molar-refractivity contribution in [2.45, 2.75) is 12.5 Å². The predicted octanol–water partition coefficient (Wildman–Crippen LogP) is 2.96. The molecule has 0 saturated heterocycles. The van der Waals surface area contributed by atoms with E-state index in [1.54, 1.807) is 42.7 Å². The molecule has 0 fully saturated rings. The molecule has 0 aliphatic carbocycles. The smallest absolute Gasteiger partial charge is 0.241 e. The molecule has 0 saturated carbocycles.